The highest BCUT2D eigenvalue weighted by atomic mass is 35.5. The van der Waals surface area contributed by atoms with Crippen molar-refractivity contribution in [3.8, 4) is 0 Å². The Hall–Kier alpha value is -2.69. The van der Waals surface area contributed by atoms with E-state index in [-0.39, 0.29) is 11.9 Å². The van der Waals surface area contributed by atoms with Crippen LogP contribution in [0.15, 0.2) is 78.9 Å². The number of hydrogen-bond donors (Lipinski definition) is 2. The number of carbonyl (C=O) groups excluding carboxylic acids is 1. The second-order valence-corrected chi connectivity index (χ2v) is 6.55. The average Bonchev–Trinajstić information content (AvgIpc) is 2.69. The Kier molecular flexibility index (Phi) is 6.58. The third kappa shape index (κ3) is 5.39. The predicted molar refractivity (Wildman–Crippen MR) is 106 cm³/mol. The van der Waals surface area contributed by atoms with Crippen molar-refractivity contribution in [1.29, 1.82) is 0 Å². The first-order chi connectivity index (χ1) is 13.1. The van der Waals surface area contributed by atoms with Gasteiger partial charge in [0, 0.05) is 23.7 Å². The number of hydrogen-bond acceptors (Lipinski definition) is 2. The van der Waals surface area contributed by atoms with Crippen molar-refractivity contribution in [2.45, 2.75) is 6.04 Å². The van der Waals surface area contributed by atoms with E-state index in [1.165, 1.54) is 18.2 Å². The summed E-state index contributed by atoms with van der Waals surface area (Å²) in [6.45, 7) is 0.982. The second-order valence-electron chi connectivity index (χ2n) is 6.12. The maximum Gasteiger partial charge on any atom is 0.251 e. The molecule has 0 aliphatic carbocycles. The molecule has 3 aromatic rings. The molecule has 0 aliphatic heterocycles. The molecule has 5 heteroatoms. The fraction of sp³-hybridized carbons (Fsp3) is 0.136. The molecule has 3 rings (SSSR count). The Labute approximate surface area is 163 Å². The number of benzene rings is 3. The maximum absolute atomic E-state index is 13.2. The van der Waals surface area contributed by atoms with E-state index >= 15 is 0 Å². The normalized spacial score (nSPS) is 11.8. The first kappa shape index (κ1) is 19.1. The Bertz CT molecular complexity index is 884. The van der Waals surface area contributed by atoms with Gasteiger partial charge in [-0.2, -0.15) is 0 Å². The highest BCUT2D eigenvalue weighted by Crippen LogP contribution is 2.23. The number of amides is 1. The van der Waals surface area contributed by atoms with E-state index < -0.39 is 5.82 Å². The number of nitrogens with one attached hydrogen (secondary N) is 2. The van der Waals surface area contributed by atoms with Crippen LogP contribution in [0.25, 0.3) is 0 Å². The summed E-state index contributed by atoms with van der Waals surface area (Å²) in [6, 6.07) is 23.4. The van der Waals surface area contributed by atoms with Crippen molar-refractivity contribution >= 4 is 17.5 Å². The molecule has 3 aromatic carbocycles. The van der Waals surface area contributed by atoms with Gasteiger partial charge >= 0.3 is 0 Å². The molecule has 0 fully saturated rings. The first-order valence-corrected chi connectivity index (χ1v) is 9.09. The minimum Gasteiger partial charge on any atom is -0.351 e. The standard InChI is InChI=1S/C22H20ClFN2O/c23-19-11-9-17(10-12-19)21(16-5-2-1-3-6-16)25-13-14-26-22(27)18-7-4-8-20(24)15-18/h1-12,15,21,25H,13-14H2,(H,26,27). The lowest BCUT2D eigenvalue weighted by molar-refractivity contribution is 0.0953. The molecule has 0 aliphatic rings. The molecule has 1 unspecified atom stereocenters. The summed E-state index contributed by atoms with van der Waals surface area (Å²) in [7, 11) is 0. The van der Waals surface area contributed by atoms with E-state index in [2.05, 4.69) is 22.8 Å². The monoisotopic (exact) mass is 382 g/mol. The molecule has 0 saturated carbocycles. The summed E-state index contributed by atoms with van der Waals surface area (Å²) in [5, 5.41) is 6.95. The zero-order valence-electron chi connectivity index (χ0n) is 14.7. The van der Waals surface area contributed by atoms with Crippen molar-refractivity contribution in [2.75, 3.05) is 13.1 Å². The molecule has 0 spiro atoms. The zero-order chi connectivity index (χ0) is 19.1. The summed E-state index contributed by atoms with van der Waals surface area (Å²) in [5.74, 6) is -0.716. The summed E-state index contributed by atoms with van der Waals surface area (Å²) < 4.78 is 13.2. The fourth-order valence-electron chi connectivity index (χ4n) is 2.85. The van der Waals surface area contributed by atoms with Crippen LogP contribution in [-0.4, -0.2) is 19.0 Å². The van der Waals surface area contributed by atoms with E-state index in [0.717, 1.165) is 11.1 Å². The van der Waals surface area contributed by atoms with Crippen LogP contribution in [0.4, 0.5) is 4.39 Å². The van der Waals surface area contributed by atoms with Gasteiger partial charge in [0.1, 0.15) is 5.82 Å². The molecule has 0 heterocycles. The summed E-state index contributed by atoms with van der Waals surface area (Å²) >= 11 is 6.00. The topological polar surface area (TPSA) is 41.1 Å². The van der Waals surface area contributed by atoms with Gasteiger partial charge in [-0.25, -0.2) is 4.39 Å². The lowest BCUT2D eigenvalue weighted by atomic mass is 9.99. The van der Waals surface area contributed by atoms with Crippen LogP contribution in [0.1, 0.15) is 27.5 Å². The quantitative estimate of drug-likeness (QED) is 0.587. The van der Waals surface area contributed by atoms with Gasteiger partial charge in [0.25, 0.3) is 5.91 Å². The molecule has 1 atom stereocenters. The van der Waals surface area contributed by atoms with Gasteiger partial charge in [-0.15, -0.1) is 0 Å². The van der Waals surface area contributed by atoms with Crippen LogP contribution in [0, 0.1) is 5.82 Å². The van der Waals surface area contributed by atoms with Gasteiger partial charge in [0.05, 0.1) is 6.04 Å². The van der Waals surface area contributed by atoms with Gasteiger partial charge in [0.15, 0.2) is 0 Å². The Morgan fingerprint density at radius 1 is 0.889 bits per heavy atom. The molecule has 1 amide bonds. The summed E-state index contributed by atoms with van der Waals surface area (Å²) in [4.78, 5) is 12.1. The molecule has 0 radical (unpaired) electrons. The minimum atomic E-state index is -0.423. The molecule has 2 N–H and O–H groups in total. The van der Waals surface area contributed by atoms with Crippen LogP contribution in [0.2, 0.25) is 5.02 Å². The molecule has 0 saturated heterocycles. The van der Waals surface area contributed by atoms with E-state index in [1.54, 1.807) is 6.07 Å². The van der Waals surface area contributed by atoms with Gasteiger partial charge in [-0.1, -0.05) is 60.1 Å². The fourth-order valence-corrected chi connectivity index (χ4v) is 2.98. The minimum absolute atomic E-state index is 0.0189. The molecule has 138 valence electrons. The molecule has 0 bridgehead atoms. The lowest BCUT2D eigenvalue weighted by Gasteiger charge is -2.20. The van der Waals surface area contributed by atoms with Crippen molar-refractivity contribution in [3.63, 3.8) is 0 Å². The number of carbonyl (C=O) groups is 1. The number of rotatable bonds is 7. The predicted octanol–water partition coefficient (Wildman–Crippen LogP) is 4.59. The van der Waals surface area contributed by atoms with Crippen LogP contribution in [-0.2, 0) is 0 Å². The number of halogens is 2. The molecular weight excluding hydrogens is 363 g/mol. The Balaban J connectivity index is 1.61. The maximum atomic E-state index is 13.2. The third-order valence-corrected chi connectivity index (χ3v) is 4.43. The van der Waals surface area contributed by atoms with Gasteiger partial charge in [0.2, 0.25) is 0 Å². The van der Waals surface area contributed by atoms with E-state index in [1.807, 2.05) is 42.5 Å². The van der Waals surface area contributed by atoms with E-state index in [9.17, 15) is 9.18 Å². The van der Waals surface area contributed by atoms with E-state index in [4.69, 9.17) is 11.6 Å². The molecule has 27 heavy (non-hydrogen) atoms. The zero-order valence-corrected chi connectivity index (χ0v) is 15.4. The van der Waals surface area contributed by atoms with Gasteiger partial charge in [-0.3, -0.25) is 4.79 Å². The average molecular weight is 383 g/mol. The smallest absolute Gasteiger partial charge is 0.251 e. The van der Waals surface area contributed by atoms with Crippen molar-refractivity contribution in [3.05, 3.63) is 106 Å². The Morgan fingerprint density at radius 3 is 2.30 bits per heavy atom. The van der Waals surface area contributed by atoms with Crippen LogP contribution >= 0.6 is 11.6 Å². The van der Waals surface area contributed by atoms with Crippen molar-refractivity contribution in [1.82, 2.24) is 10.6 Å². The molecule has 3 nitrogen and oxygen atoms in total. The first-order valence-electron chi connectivity index (χ1n) is 8.71. The van der Waals surface area contributed by atoms with Crippen LogP contribution in [0.5, 0.6) is 0 Å². The van der Waals surface area contributed by atoms with Gasteiger partial charge in [-0.05, 0) is 41.5 Å². The highest BCUT2D eigenvalue weighted by Gasteiger charge is 2.13. The largest absolute Gasteiger partial charge is 0.351 e. The summed E-state index contributed by atoms with van der Waals surface area (Å²) in [6.07, 6.45) is 0. The van der Waals surface area contributed by atoms with Crippen molar-refractivity contribution in [2.24, 2.45) is 0 Å². The Morgan fingerprint density at radius 2 is 1.59 bits per heavy atom. The molecule has 0 aromatic heterocycles. The lowest BCUT2D eigenvalue weighted by Crippen LogP contribution is -2.34. The van der Waals surface area contributed by atoms with Gasteiger partial charge < -0.3 is 10.6 Å². The third-order valence-electron chi connectivity index (χ3n) is 4.18. The van der Waals surface area contributed by atoms with E-state index in [0.29, 0.717) is 23.7 Å². The van der Waals surface area contributed by atoms with Crippen molar-refractivity contribution < 1.29 is 9.18 Å². The van der Waals surface area contributed by atoms with Crippen LogP contribution < -0.4 is 10.6 Å². The summed E-state index contributed by atoms with van der Waals surface area (Å²) in [5.41, 5.74) is 2.52. The van der Waals surface area contributed by atoms with Crippen LogP contribution in [0.3, 0.4) is 0 Å². The SMILES string of the molecule is O=C(NCCNC(c1ccccc1)c1ccc(Cl)cc1)c1cccc(F)c1. The second kappa shape index (κ2) is 9.31. The highest BCUT2D eigenvalue weighted by molar-refractivity contribution is 6.30. The molecular formula is C22H20ClFN2O.